The molecule has 0 bridgehead atoms. The topological polar surface area (TPSA) is 50.8 Å². The second kappa shape index (κ2) is 7.74. The molecular weight excluding hydrogens is 300 g/mol. The van der Waals surface area contributed by atoms with Gasteiger partial charge in [0.2, 0.25) is 5.91 Å². The van der Waals surface area contributed by atoms with E-state index in [1.807, 2.05) is 30.0 Å². The third-order valence-electron chi connectivity index (χ3n) is 3.73. The second-order valence-electron chi connectivity index (χ2n) is 5.12. The number of hydrogen-bond acceptors (Lipinski definition) is 5. The van der Waals surface area contributed by atoms with Crippen LogP contribution in [0.4, 0.5) is 0 Å². The van der Waals surface area contributed by atoms with Crippen LogP contribution in [-0.2, 0) is 4.79 Å². The van der Waals surface area contributed by atoms with Crippen LogP contribution < -0.4 is 14.8 Å². The van der Waals surface area contributed by atoms with Gasteiger partial charge in [-0.1, -0.05) is 6.92 Å². The smallest absolute Gasteiger partial charge is 0.236 e. The van der Waals surface area contributed by atoms with Gasteiger partial charge in [0.05, 0.1) is 19.5 Å². The number of ether oxygens (including phenoxy) is 2. The van der Waals surface area contributed by atoms with Crippen LogP contribution in [0.5, 0.6) is 11.5 Å². The fourth-order valence-electron chi connectivity index (χ4n) is 2.55. The lowest BCUT2D eigenvalue weighted by Gasteiger charge is -2.25. The normalized spacial score (nSPS) is 21.3. The van der Waals surface area contributed by atoms with Crippen molar-refractivity contribution >= 4 is 17.7 Å². The molecule has 0 unspecified atom stereocenters. The maximum atomic E-state index is 12.4. The molecule has 1 aromatic carbocycles. The number of nitrogens with zero attached hydrogens (tertiary/aromatic N) is 1. The van der Waals surface area contributed by atoms with Crippen LogP contribution in [0.15, 0.2) is 18.2 Å². The van der Waals surface area contributed by atoms with E-state index in [1.165, 1.54) is 0 Å². The van der Waals surface area contributed by atoms with E-state index in [1.54, 1.807) is 26.0 Å². The molecule has 1 N–H and O–H groups in total. The van der Waals surface area contributed by atoms with Crippen molar-refractivity contribution in [2.24, 2.45) is 0 Å². The molecule has 2 atom stereocenters. The van der Waals surface area contributed by atoms with Gasteiger partial charge >= 0.3 is 0 Å². The summed E-state index contributed by atoms with van der Waals surface area (Å²) in [5.74, 6) is 1.74. The zero-order chi connectivity index (χ0) is 16.1. The molecule has 1 heterocycles. The van der Waals surface area contributed by atoms with Gasteiger partial charge in [-0.15, -0.1) is 11.8 Å². The highest BCUT2D eigenvalue weighted by atomic mass is 32.2. The summed E-state index contributed by atoms with van der Waals surface area (Å²) in [7, 11) is 3.29. The summed E-state index contributed by atoms with van der Waals surface area (Å²) in [4.78, 5) is 14.4. The van der Waals surface area contributed by atoms with Crippen LogP contribution in [0, 0.1) is 0 Å². The van der Waals surface area contributed by atoms with Crippen LogP contribution in [0.2, 0.25) is 0 Å². The molecule has 1 amide bonds. The lowest BCUT2D eigenvalue weighted by atomic mass is 10.1. The molecule has 1 aliphatic heterocycles. The van der Waals surface area contributed by atoms with Gasteiger partial charge in [-0.3, -0.25) is 4.79 Å². The SMILES string of the molecule is CCNCCN1C(=O)[C@@H](C)S[C@H]1c1cc(OC)ccc1OC. The Morgan fingerprint density at radius 1 is 1.32 bits per heavy atom. The lowest BCUT2D eigenvalue weighted by molar-refractivity contribution is -0.129. The molecule has 0 spiro atoms. The average Bonchev–Trinajstić information content (AvgIpc) is 2.82. The minimum atomic E-state index is -0.0393. The predicted molar refractivity (Wildman–Crippen MR) is 89.6 cm³/mol. The molecule has 0 saturated carbocycles. The molecule has 1 aliphatic rings. The Bertz CT molecular complexity index is 524. The van der Waals surface area contributed by atoms with E-state index in [2.05, 4.69) is 12.2 Å². The number of amides is 1. The fraction of sp³-hybridized carbons (Fsp3) is 0.562. The van der Waals surface area contributed by atoms with Crippen molar-refractivity contribution in [1.29, 1.82) is 0 Å². The maximum absolute atomic E-state index is 12.4. The first-order chi connectivity index (χ1) is 10.6. The van der Waals surface area contributed by atoms with E-state index < -0.39 is 0 Å². The largest absolute Gasteiger partial charge is 0.497 e. The number of carbonyl (C=O) groups is 1. The molecule has 122 valence electrons. The van der Waals surface area contributed by atoms with Gasteiger partial charge in [-0.25, -0.2) is 0 Å². The Labute approximate surface area is 136 Å². The molecular formula is C16H24N2O3S. The summed E-state index contributed by atoms with van der Waals surface area (Å²) in [6.45, 7) is 6.40. The molecule has 6 heteroatoms. The van der Waals surface area contributed by atoms with E-state index >= 15 is 0 Å². The molecule has 0 aliphatic carbocycles. The zero-order valence-corrected chi connectivity index (χ0v) is 14.4. The Morgan fingerprint density at radius 3 is 2.73 bits per heavy atom. The average molecular weight is 324 g/mol. The Balaban J connectivity index is 2.29. The highest BCUT2D eigenvalue weighted by Crippen LogP contribution is 2.46. The molecule has 2 rings (SSSR count). The molecule has 5 nitrogen and oxygen atoms in total. The zero-order valence-electron chi connectivity index (χ0n) is 13.6. The minimum absolute atomic E-state index is 0.0359. The van der Waals surface area contributed by atoms with Gasteiger partial charge in [-0.05, 0) is 31.7 Å². The summed E-state index contributed by atoms with van der Waals surface area (Å²) in [6, 6.07) is 5.73. The maximum Gasteiger partial charge on any atom is 0.236 e. The summed E-state index contributed by atoms with van der Waals surface area (Å²) in [5.41, 5.74) is 0.987. The number of thioether (sulfide) groups is 1. The van der Waals surface area contributed by atoms with Crippen molar-refractivity contribution in [3.05, 3.63) is 23.8 Å². The number of likely N-dealkylation sites (N-methyl/N-ethyl adjacent to an activating group) is 1. The van der Waals surface area contributed by atoms with Crippen molar-refractivity contribution in [1.82, 2.24) is 10.2 Å². The monoisotopic (exact) mass is 324 g/mol. The third-order valence-corrected chi connectivity index (χ3v) is 5.11. The van der Waals surface area contributed by atoms with E-state index in [0.29, 0.717) is 6.54 Å². The van der Waals surface area contributed by atoms with Crippen LogP contribution >= 0.6 is 11.8 Å². The Kier molecular flexibility index (Phi) is 5.97. The van der Waals surface area contributed by atoms with E-state index in [9.17, 15) is 4.79 Å². The third kappa shape index (κ3) is 3.50. The van der Waals surface area contributed by atoms with Crippen molar-refractivity contribution in [3.8, 4) is 11.5 Å². The van der Waals surface area contributed by atoms with Crippen LogP contribution in [0.1, 0.15) is 24.8 Å². The Morgan fingerprint density at radius 2 is 2.09 bits per heavy atom. The number of nitrogens with one attached hydrogen (secondary N) is 1. The molecule has 0 radical (unpaired) electrons. The van der Waals surface area contributed by atoms with Gasteiger partial charge in [0.1, 0.15) is 16.9 Å². The summed E-state index contributed by atoms with van der Waals surface area (Å²) in [5, 5.41) is 3.20. The second-order valence-corrected chi connectivity index (χ2v) is 6.55. The van der Waals surface area contributed by atoms with Crippen LogP contribution in [0.3, 0.4) is 0 Å². The molecule has 0 aromatic heterocycles. The summed E-state index contributed by atoms with van der Waals surface area (Å²) in [6.07, 6.45) is 0. The van der Waals surface area contributed by atoms with E-state index in [4.69, 9.17) is 9.47 Å². The van der Waals surface area contributed by atoms with Crippen LogP contribution in [0.25, 0.3) is 0 Å². The van der Waals surface area contributed by atoms with Gasteiger partial charge in [0.15, 0.2) is 0 Å². The minimum Gasteiger partial charge on any atom is -0.497 e. The number of methoxy groups -OCH3 is 2. The van der Waals surface area contributed by atoms with Gasteiger partial charge in [-0.2, -0.15) is 0 Å². The molecule has 1 saturated heterocycles. The van der Waals surface area contributed by atoms with Gasteiger partial charge in [0.25, 0.3) is 0 Å². The fourth-order valence-corrected chi connectivity index (χ4v) is 3.88. The standard InChI is InChI=1S/C16H24N2O3S/c1-5-17-8-9-18-15(19)11(2)22-16(18)13-10-12(20-3)6-7-14(13)21-4/h6-7,10-11,16-17H,5,8-9H2,1-4H3/t11-,16+/m1/s1. The number of carbonyl (C=O) groups excluding carboxylic acids is 1. The quantitative estimate of drug-likeness (QED) is 0.780. The molecule has 22 heavy (non-hydrogen) atoms. The summed E-state index contributed by atoms with van der Waals surface area (Å²) < 4.78 is 10.8. The van der Waals surface area contributed by atoms with Crippen molar-refractivity contribution in [2.75, 3.05) is 33.9 Å². The number of hydrogen-bond donors (Lipinski definition) is 1. The first kappa shape index (κ1) is 17.0. The molecule has 1 fully saturated rings. The highest BCUT2D eigenvalue weighted by molar-refractivity contribution is 8.01. The van der Waals surface area contributed by atoms with Crippen molar-refractivity contribution in [3.63, 3.8) is 0 Å². The number of rotatable bonds is 7. The Hall–Kier alpha value is -1.40. The first-order valence-electron chi connectivity index (χ1n) is 7.51. The van der Waals surface area contributed by atoms with Crippen molar-refractivity contribution < 1.29 is 14.3 Å². The van der Waals surface area contributed by atoms with Gasteiger partial charge < -0.3 is 19.7 Å². The van der Waals surface area contributed by atoms with E-state index in [0.717, 1.165) is 30.2 Å². The molecule has 1 aromatic rings. The predicted octanol–water partition coefficient (Wildman–Crippen LogP) is 2.28. The van der Waals surface area contributed by atoms with Crippen LogP contribution in [-0.4, -0.2) is 49.9 Å². The van der Waals surface area contributed by atoms with Gasteiger partial charge in [0, 0.05) is 18.7 Å². The van der Waals surface area contributed by atoms with E-state index in [-0.39, 0.29) is 16.5 Å². The first-order valence-corrected chi connectivity index (χ1v) is 8.45. The highest BCUT2D eigenvalue weighted by Gasteiger charge is 2.39. The van der Waals surface area contributed by atoms with Crippen molar-refractivity contribution in [2.45, 2.75) is 24.5 Å². The summed E-state index contributed by atoms with van der Waals surface area (Å²) >= 11 is 1.65. The number of benzene rings is 1. The lowest BCUT2D eigenvalue weighted by Crippen LogP contribution is -2.36.